The largest absolute Gasteiger partial charge is 0.494 e. The summed E-state index contributed by atoms with van der Waals surface area (Å²) in [4.78, 5) is 0. The van der Waals surface area contributed by atoms with Crippen molar-refractivity contribution in [1.29, 1.82) is 0 Å². The van der Waals surface area contributed by atoms with E-state index in [2.05, 4.69) is 80.5 Å². The first-order valence-electron chi connectivity index (χ1n) is 6.98. The van der Waals surface area contributed by atoms with Gasteiger partial charge in [-0.2, -0.15) is 0 Å². The number of nitrogens with one attached hydrogen (secondary N) is 1. The number of aryl methyl sites for hydroxylation is 1. The number of anilines is 1. The van der Waals surface area contributed by atoms with Crippen molar-refractivity contribution < 1.29 is 4.74 Å². The zero-order valence-corrected chi connectivity index (χ0v) is 15.4. The van der Waals surface area contributed by atoms with Gasteiger partial charge >= 0.3 is 0 Å². The van der Waals surface area contributed by atoms with Crippen molar-refractivity contribution in [3.05, 3.63) is 56.5 Å². The highest BCUT2D eigenvalue weighted by atomic mass is 79.9. The Morgan fingerprint density at radius 3 is 2.14 bits per heavy atom. The average molecular weight is 413 g/mol. The van der Waals surface area contributed by atoms with Gasteiger partial charge in [0.1, 0.15) is 5.75 Å². The summed E-state index contributed by atoms with van der Waals surface area (Å²) >= 11 is 7.06. The minimum absolute atomic E-state index is 0.772. The van der Waals surface area contributed by atoms with E-state index in [1.165, 1.54) is 17.5 Å². The lowest BCUT2D eigenvalue weighted by molar-refractivity contribution is 0.409. The molecular weight excluding hydrogens is 394 g/mol. The van der Waals surface area contributed by atoms with Crippen LogP contribution in [0.5, 0.6) is 5.75 Å². The number of hydrogen-bond acceptors (Lipinski definition) is 2. The molecule has 21 heavy (non-hydrogen) atoms. The Labute approximate surface area is 143 Å². The highest BCUT2D eigenvalue weighted by Gasteiger charge is 2.07. The Morgan fingerprint density at radius 2 is 1.62 bits per heavy atom. The van der Waals surface area contributed by atoms with E-state index in [1.807, 2.05) is 0 Å². The summed E-state index contributed by atoms with van der Waals surface area (Å²) in [5.74, 6) is 0.822. The van der Waals surface area contributed by atoms with Gasteiger partial charge in [-0.05, 0) is 73.7 Å². The standard InChI is InChI=1S/C17H19Br2NO/c1-3-4-12-5-7-14(8-6-12)20-11-13-9-15(18)17(21-2)16(19)10-13/h5-10,20H,3-4,11H2,1-2H3. The maximum atomic E-state index is 5.32. The summed E-state index contributed by atoms with van der Waals surface area (Å²) in [5.41, 5.74) is 3.71. The molecule has 0 heterocycles. The predicted octanol–water partition coefficient (Wildman–Crippen LogP) is 5.78. The van der Waals surface area contributed by atoms with Gasteiger partial charge in [-0.1, -0.05) is 25.5 Å². The summed E-state index contributed by atoms with van der Waals surface area (Å²) in [6.07, 6.45) is 2.32. The maximum absolute atomic E-state index is 5.32. The number of methoxy groups -OCH3 is 1. The second-order valence-corrected chi connectivity index (χ2v) is 6.60. The first-order chi connectivity index (χ1) is 10.1. The van der Waals surface area contributed by atoms with Crippen LogP contribution in [0.4, 0.5) is 5.69 Å². The van der Waals surface area contributed by atoms with Gasteiger partial charge in [0.05, 0.1) is 16.1 Å². The van der Waals surface area contributed by atoms with Crippen molar-refractivity contribution in [2.24, 2.45) is 0 Å². The molecule has 0 amide bonds. The molecule has 4 heteroatoms. The molecule has 0 aromatic heterocycles. The van der Waals surface area contributed by atoms with Gasteiger partial charge in [0.25, 0.3) is 0 Å². The van der Waals surface area contributed by atoms with Crippen molar-refractivity contribution in [3.8, 4) is 5.75 Å². The van der Waals surface area contributed by atoms with Gasteiger partial charge in [0, 0.05) is 12.2 Å². The van der Waals surface area contributed by atoms with Gasteiger partial charge in [-0.15, -0.1) is 0 Å². The first kappa shape index (κ1) is 16.4. The summed E-state index contributed by atoms with van der Waals surface area (Å²) in [6, 6.07) is 12.8. The van der Waals surface area contributed by atoms with E-state index in [0.29, 0.717) is 0 Å². The van der Waals surface area contributed by atoms with Crippen LogP contribution in [0.1, 0.15) is 24.5 Å². The Morgan fingerprint density at radius 1 is 1.00 bits per heavy atom. The van der Waals surface area contributed by atoms with Crippen LogP contribution in [0.3, 0.4) is 0 Å². The third-order valence-corrected chi connectivity index (χ3v) is 4.43. The Balaban J connectivity index is 2.02. The van der Waals surface area contributed by atoms with Crippen LogP contribution in [0.2, 0.25) is 0 Å². The smallest absolute Gasteiger partial charge is 0.147 e. The SMILES string of the molecule is CCCc1ccc(NCc2cc(Br)c(OC)c(Br)c2)cc1. The fraction of sp³-hybridized carbons (Fsp3) is 0.294. The van der Waals surface area contributed by atoms with Crippen molar-refractivity contribution in [2.45, 2.75) is 26.3 Å². The van der Waals surface area contributed by atoms with Gasteiger partial charge < -0.3 is 10.1 Å². The van der Waals surface area contributed by atoms with Crippen LogP contribution in [0.15, 0.2) is 45.3 Å². The molecule has 0 aliphatic rings. The molecule has 2 aromatic carbocycles. The molecule has 0 aliphatic carbocycles. The fourth-order valence-corrected chi connectivity index (χ4v) is 3.80. The Hall–Kier alpha value is -1.000. The number of hydrogen-bond donors (Lipinski definition) is 1. The maximum Gasteiger partial charge on any atom is 0.147 e. The lowest BCUT2D eigenvalue weighted by atomic mass is 10.1. The highest BCUT2D eigenvalue weighted by Crippen LogP contribution is 2.34. The second kappa shape index (κ2) is 7.85. The molecular formula is C17H19Br2NO. The van der Waals surface area contributed by atoms with E-state index in [0.717, 1.165) is 33.3 Å². The van der Waals surface area contributed by atoms with E-state index < -0.39 is 0 Å². The molecule has 0 saturated carbocycles. The number of ether oxygens (including phenoxy) is 1. The molecule has 0 aliphatic heterocycles. The van der Waals surface area contributed by atoms with Crippen molar-refractivity contribution >= 4 is 37.5 Å². The molecule has 2 nitrogen and oxygen atoms in total. The molecule has 0 unspecified atom stereocenters. The van der Waals surface area contributed by atoms with Crippen LogP contribution in [0.25, 0.3) is 0 Å². The van der Waals surface area contributed by atoms with Crippen molar-refractivity contribution in [3.63, 3.8) is 0 Å². The quantitative estimate of drug-likeness (QED) is 0.648. The van der Waals surface area contributed by atoms with Crippen molar-refractivity contribution in [1.82, 2.24) is 0 Å². The third kappa shape index (κ3) is 4.48. The number of benzene rings is 2. The Kier molecular flexibility index (Phi) is 6.12. The molecule has 0 radical (unpaired) electrons. The Bertz CT molecular complexity index is 573. The lowest BCUT2D eigenvalue weighted by Crippen LogP contribution is -2.00. The first-order valence-corrected chi connectivity index (χ1v) is 8.57. The minimum atomic E-state index is 0.772. The molecule has 0 saturated heterocycles. The monoisotopic (exact) mass is 411 g/mol. The second-order valence-electron chi connectivity index (χ2n) is 4.89. The average Bonchev–Trinajstić information content (AvgIpc) is 2.47. The third-order valence-electron chi connectivity index (χ3n) is 3.25. The van der Waals surface area contributed by atoms with Gasteiger partial charge in [0.15, 0.2) is 0 Å². The van der Waals surface area contributed by atoms with Crippen LogP contribution in [-0.2, 0) is 13.0 Å². The highest BCUT2D eigenvalue weighted by molar-refractivity contribution is 9.11. The molecule has 0 atom stereocenters. The van der Waals surface area contributed by atoms with E-state index >= 15 is 0 Å². The molecule has 112 valence electrons. The predicted molar refractivity (Wildman–Crippen MR) is 96.2 cm³/mol. The topological polar surface area (TPSA) is 21.3 Å². The van der Waals surface area contributed by atoms with E-state index in [1.54, 1.807) is 7.11 Å². The molecule has 2 aromatic rings. The minimum Gasteiger partial charge on any atom is -0.494 e. The fourth-order valence-electron chi connectivity index (χ4n) is 2.19. The van der Waals surface area contributed by atoms with Crippen molar-refractivity contribution in [2.75, 3.05) is 12.4 Å². The molecule has 2 rings (SSSR count). The van der Waals surface area contributed by atoms with Crippen LogP contribution >= 0.6 is 31.9 Å². The summed E-state index contributed by atoms with van der Waals surface area (Å²) < 4.78 is 7.22. The van der Waals surface area contributed by atoms with Gasteiger partial charge in [0.2, 0.25) is 0 Å². The van der Waals surface area contributed by atoms with Gasteiger partial charge in [-0.3, -0.25) is 0 Å². The van der Waals surface area contributed by atoms with E-state index in [9.17, 15) is 0 Å². The summed E-state index contributed by atoms with van der Waals surface area (Å²) in [7, 11) is 1.67. The summed E-state index contributed by atoms with van der Waals surface area (Å²) in [6.45, 7) is 2.97. The lowest BCUT2D eigenvalue weighted by Gasteiger charge is -2.11. The van der Waals surface area contributed by atoms with Gasteiger partial charge in [-0.25, -0.2) is 0 Å². The molecule has 0 fully saturated rings. The zero-order valence-electron chi connectivity index (χ0n) is 12.2. The molecule has 0 bridgehead atoms. The van der Waals surface area contributed by atoms with E-state index in [4.69, 9.17) is 4.74 Å². The normalized spacial score (nSPS) is 10.5. The van der Waals surface area contributed by atoms with Crippen LogP contribution in [-0.4, -0.2) is 7.11 Å². The van der Waals surface area contributed by atoms with Crippen LogP contribution in [0, 0.1) is 0 Å². The number of rotatable bonds is 6. The summed E-state index contributed by atoms with van der Waals surface area (Å²) in [5, 5.41) is 3.44. The van der Waals surface area contributed by atoms with E-state index in [-0.39, 0.29) is 0 Å². The zero-order chi connectivity index (χ0) is 15.2. The molecule has 0 spiro atoms. The number of halogens is 2. The molecule has 1 N–H and O–H groups in total. The van der Waals surface area contributed by atoms with Crippen LogP contribution < -0.4 is 10.1 Å².